The van der Waals surface area contributed by atoms with Crippen molar-refractivity contribution in [3.63, 3.8) is 0 Å². The minimum atomic E-state index is -4.87. The molecule has 17 heavy (non-hydrogen) atoms. The van der Waals surface area contributed by atoms with Gasteiger partial charge in [-0.3, -0.25) is 0 Å². The van der Waals surface area contributed by atoms with Crippen molar-refractivity contribution in [1.82, 2.24) is 0 Å². The Balaban J connectivity index is 3.29. The van der Waals surface area contributed by atoms with Gasteiger partial charge in [-0.15, -0.1) is 0 Å². The van der Waals surface area contributed by atoms with Gasteiger partial charge in [0.1, 0.15) is 5.82 Å². The molecule has 1 aromatic rings. The number of hydrogen-bond donors (Lipinski definition) is 1. The summed E-state index contributed by atoms with van der Waals surface area (Å²) in [5, 5.41) is 9.33. The Morgan fingerprint density at radius 3 is 2.47 bits per heavy atom. The number of alkyl halides is 3. The lowest BCUT2D eigenvalue weighted by Gasteiger charge is -2.15. The smallest absolute Gasteiger partial charge is 0.416 e. The van der Waals surface area contributed by atoms with Gasteiger partial charge in [0.25, 0.3) is 0 Å². The maximum Gasteiger partial charge on any atom is 0.416 e. The Labute approximate surface area is 93.6 Å². The van der Waals surface area contributed by atoms with Crippen molar-refractivity contribution in [2.24, 2.45) is 0 Å². The fourth-order valence-corrected chi connectivity index (χ4v) is 1.25. The normalized spacial score (nSPS) is 13.3. The van der Waals surface area contributed by atoms with E-state index in [0.717, 1.165) is 13.2 Å². The third kappa shape index (κ3) is 2.94. The highest BCUT2D eigenvalue weighted by Gasteiger charge is 2.37. The minimum absolute atomic E-state index is 0.210. The first-order valence-corrected chi connectivity index (χ1v) is 4.40. The molecule has 0 amide bonds. The van der Waals surface area contributed by atoms with Crippen molar-refractivity contribution in [3.8, 4) is 0 Å². The summed E-state index contributed by atoms with van der Waals surface area (Å²) in [5.74, 6) is -2.36. The van der Waals surface area contributed by atoms with Crippen LogP contribution < -0.4 is 0 Å². The Kier molecular flexibility index (Phi) is 3.72. The zero-order valence-electron chi connectivity index (χ0n) is 8.58. The van der Waals surface area contributed by atoms with E-state index in [-0.39, 0.29) is 6.07 Å². The monoisotopic (exact) mass is 252 g/mol. The van der Waals surface area contributed by atoms with E-state index in [1.807, 2.05) is 0 Å². The third-order valence-electron chi connectivity index (χ3n) is 2.04. The highest BCUT2D eigenvalue weighted by molar-refractivity contribution is 5.76. The van der Waals surface area contributed by atoms with E-state index in [1.165, 1.54) is 0 Å². The van der Waals surface area contributed by atoms with Crippen LogP contribution in [0.4, 0.5) is 17.6 Å². The van der Waals surface area contributed by atoms with Crippen molar-refractivity contribution in [3.05, 3.63) is 35.1 Å². The summed E-state index contributed by atoms with van der Waals surface area (Å²) in [6, 6.07) is 1.62. The van der Waals surface area contributed by atoms with Gasteiger partial charge in [0.2, 0.25) is 0 Å². The van der Waals surface area contributed by atoms with Crippen LogP contribution in [0.15, 0.2) is 18.2 Å². The van der Waals surface area contributed by atoms with E-state index in [4.69, 9.17) is 0 Å². The maximum atomic E-state index is 12.7. The number of benzene rings is 1. The van der Waals surface area contributed by atoms with Gasteiger partial charge in [0.05, 0.1) is 12.7 Å². The zero-order valence-corrected chi connectivity index (χ0v) is 8.58. The van der Waals surface area contributed by atoms with Crippen molar-refractivity contribution < 1.29 is 32.2 Å². The number of halogens is 4. The molecule has 1 unspecified atom stereocenters. The number of hydrogen-bond acceptors (Lipinski definition) is 3. The highest BCUT2D eigenvalue weighted by Crippen LogP contribution is 2.35. The summed E-state index contributed by atoms with van der Waals surface area (Å²) < 4.78 is 54.4. The van der Waals surface area contributed by atoms with Crippen molar-refractivity contribution in [1.29, 1.82) is 0 Å². The predicted molar refractivity (Wildman–Crippen MR) is 48.4 cm³/mol. The number of rotatable bonds is 2. The van der Waals surface area contributed by atoms with Crippen LogP contribution in [0.1, 0.15) is 17.2 Å². The Hall–Kier alpha value is -1.63. The molecular weight excluding hydrogens is 244 g/mol. The van der Waals surface area contributed by atoms with Gasteiger partial charge >= 0.3 is 12.1 Å². The molecule has 0 heterocycles. The van der Waals surface area contributed by atoms with Crippen LogP contribution in [0.3, 0.4) is 0 Å². The van der Waals surface area contributed by atoms with Crippen molar-refractivity contribution in [2.45, 2.75) is 12.3 Å². The largest absolute Gasteiger partial charge is 0.467 e. The average Bonchev–Trinajstić information content (AvgIpc) is 2.25. The first-order valence-electron chi connectivity index (χ1n) is 4.40. The molecule has 1 aromatic carbocycles. The molecule has 0 aliphatic carbocycles. The summed E-state index contributed by atoms with van der Waals surface area (Å²) in [7, 11) is 0.919. The molecule has 1 atom stereocenters. The van der Waals surface area contributed by atoms with E-state index in [1.54, 1.807) is 0 Å². The third-order valence-corrected chi connectivity index (χ3v) is 2.04. The van der Waals surface area contributed by atoms with Gasteiger partial charge in [-0.25, -0.2) is 9.18 Å². The molecular formula is C10H8F4O3. The first kappa shape index (κ1) is 13.4. The lowest BCUT2D eigenvalue weighted by Crippen LogP contribution is -2.19. The minimum Gasteiger partial charge on any atom is -0.467 e. The maximum absolute atomic E-state index is 12.7. The molecule has 0 spiro atoms. The summed E-state index contributed by atoms with van der Waals surface area (Å²) >= 11 is 0. The topological polar surface area (TPSA) is 46.5 Å². The molecule has 7 heteroatoms. The van der Waals surface area contributed by atoms with E-state index >= 15 is 0 Å². The Morgan fingerprint density at radius 2 is 2.00 bits per heavy atom. The van der Waals surface area contributed by atoms with Crippen LogP contribution in [-0.4, -0.2) is 18.2 Å². The summed E-state index contributed by atoms with van der Waals surface area (Å²) in [6.07, 6.45) is -6.97. The molecule has 3 nitrogen and oxygen atoms in total. The highest BCUT2D eigenvalue weighted by atomic mass is 19.4. The fraction of sp³-hybridized carbons (Fsp3) is 0.300. The lowest BCUT2D eigenvalue weighted by molar-refractivity contribution is -0.152. The number of carbonyl (C=O) groups is 1. The number of methoxy groups -OCH3 is 1. The quantitative estimate of drug-likeness (QED) is 0.647. The van der Waals surface area contributed by atoms with E-state index < -0.39 is 35.2 Å². The molecule has 0 aliphatic heterocycles. The lowest BCUT2D eigenvalue weighted by atomic mass is 10.0. The summed E-state index contributed by atoms with van der Waals surface area (Å²) in [5.41, 5.74) is -2.15. The Morgan fingerprint density at radius 1 is 1.41 bits per heavy atom. The second-order valence-electron chi connectivity index (χ2n) is 3.16. The molecule has 0 saturated carbocycles. The standard InChI is InChI=1S/C10H8F4O3/c1-17-9(16)8(15)6-3-2-5(11)4-7(6)10(12,13)14/h2-4,8,15H,1H3. The molecule has 0 aliphatic rings. The van der Waals surface area contributed by atoms with Crippen LogP contribution in [0.25, 0.3) is 0 Å². The summed E-state index contributed by atoms with van der Waals surface area (Å²) in [4.78, 5) is 10.9. The second-order valence-corrected chi connectivity index (χ2v) is 3.16. The molecule has 1 N–H and O–H groups in total. The van der Waals surface area contributed by atoms with Crippen LogP contribution in [-0.2, 0) is 15.7 Å². The van der Waals surface area contributed by atoms with Crippen LogP contribution >= 0.6 is 0 Å². The SMILES string of the molecule is COC(=O)C(O)c1ccc(F)cc1C(F)(F)F. The van der Waals surface area contributed by atoms with Gasteiger partial charge in [0, 0.05) is 5.56 Å². The number of esters is 1. The van der Waals surface area contributed by atoms with Gasteiger partial charge in [0.15, 0.2) is 6.10 Å². The molecule has 94 valence electrons. The van der Waals surface area contributed by atoms with E-state index in [0.29, 0.717) is 6.07 Å². The number of aliphatic hydroxyl groups excluding tert-OH is 1. The first-order chi connectivity index (χ1) is 7.77. The molecule has 0 radical (unpaired) electrons. The second kappa shape index (κ2) is 4.70. The summed E-state index contributed by atoms with van der Waals surface area (Å²) in [6.45, 7) is 0. The molecule has 0 bridgehead atoms. The fourth-order valence-electron chi connectivity index (χ4n) is 1.25. The predicted octanol–water partition coefficient (Wildman–Crippen LogP) is 2.05. The molecule has 1 rings (SSSR count). The van der Waals surface area contributed by atoms with Crippen LogP contribution in [0, 0.1) is 5.82 Å². The van der Waals surface area contributed by atoms with Gasteiger partial charge in [-0.2, -0.15) is 13.2 Å². The van der Waals surface area contributed by atoms with E-state index in [9.17, 15) is 27.5 Å². The van der Waals surface area contributed by atoms with E-state index in [2.05, 4.69) is 4.74 Å². The molecule has 0 aromatic heterocycles. The van der Waals surface area contributed by atoms with Crippen molar-refractivity contribution >= 4 is 5.97 Å². The average molecular weight is 252 g/mol. The van der Waals surface area contributed by atoms with Gasteiger partial charge < -0.3 is 9.84 Å². The molecule has 0 fully saturated rings. The number of carbonyl (C=O) groups excluding carboxylic acids is 1. The number of aliphatic hydroxyl groups is 1. The van der Waals surface area contributed by atoms with Crippen LogP contribution in [0.2, 0.25) is 0 Å². The van der Waals surface area contributed by atoms with Crippen molar-refractivity contribution in [2.75, 3.05) is 7.11 Å². The van der Waals surface area contributed by atoms with Gasteiger partial charge in [-0.1, -0.05) is 6.07 Å². The number of ether oxygens (including phenoxy) is 1. The zero-order chi connectivity index (χ0) is 13.2. The van der Waals surface area contributed by atoms with Crippen LogP contribution in [0.5, 0.6) is 0 Å². The molecule has 0 saturated heterocycles. The Bertz CT molecular complexity index is 428. The van der Waals surface area contributed by atoms with Gasteiger partial charge in [-0.05, 0) is 12.1 Å².